The Morgan fingerprint density at radius 1 is 1.38 bits per heavy atom. The Labute approximate surface area is 171 Å². The van der Waals surface area contributed by atoms with E-state index in [0.717, 1.165) is 6.20 Å². The van der Waals surface area contributed by atoms with Gasteiger partial charge < -0.3 is 9.57 Å². The lowest BCUT2D eigenvalue weighted by molar-refractivity contribution is -0.110. The first-order chi connectivity index (χ1) is 13.8. The van der Waals surface area contributed by atoms with E-state index in [1.807, 2.05) is 0 Å². The van der Waals surface area contributed by atoms with Crippen molar-refractivity contribution < 1.29 is 27.2 Å². The molecule has 29 heavy (non-hydrogen) atoms. The summed E-state index contributed by atoms with van der Waals surface area (Å²) in [6, 6.07) is 5.78. The lowest BCUT2D eigenvalue weighted by Crippen LogP contribution is -2.25. The maximum atomic E-state index is 13.2. The number of aromatic nitrogens is 1. The van der Waals surface area contributed by atoms with E-state index < -0.39 is 26.1 Å². The second-order valence-electron chi connectivity index (χ2n) is 6.57. The number of nitrogens with zero attached hydrogens (tertiary/aromatic N) is 2. The van der Waals surface area contributed by atoms with Crippen LogP contribution in [0.4, 0.5) is 9.52 Å². The maximum Gasteiger partial charge on any atom is 0.280 e. The summed E-state index contributed by atoms with van der Waals surface area (Å²) in [4.78, 5) is 22.0. The van der Waals surface area contributed by atoms with Gasteiger partial charge in [0, 0.05) is 12.0 Å². The van der Waals surface area contributed by atoms with Gasteiger partial charge in [0.15, 0.2) is 31.9 Å². The average molecular weight is 442 g/mol. The van der Waals surface area contributed by atoms with E-state index in [-0.39, 0.29) is 21.8 Å². The van der Waals surface area contributed by atoms with Crippen molar-refractivity contribution in [2.45, 2.75) is 36.5 Å². The summed E-state index contributed by atoms with van der Waals surface area (Å²) >= 11 is 0.676. The van der Waals surface area contributed by atoms with Gasteiger partial charge in [-0.25, -0.2) is 13.4 Å². The third-order valence-electron chi connectivity index (χ3n) is 4.17. The van der Waals surface area contributed by atoms with Crippen molar-refractivity contribution in [2.24, 2.45) is 5.16 Å². The molecule has 11 heteroatoms. The first-order valence-electron chi connectivity index (χ1n) is 8.86. The average Bonchev–Trinajstić information content (AvgIpc) is 3.34. The second-order valence-corrected chi connectivity index (χ2v) is 10.1. The molecule has 1 aliphatic heterocycles. The van der Waals surface area contributed by atoms with Crippen LogP contribution in [0, 0.1) is 5.13 Å². The van der Waals surface area contributed by atoms with Crippen LogP contribution in [0.15, 0.2) is 40.5 Å². The monoisotopic (exact) mass is 441 g/mol. The van der Waals surface area contributed by atoms with Gasteiger partial charge in [-0.2, -0.15) is 4.39 Å². The number of sulfone groups is 1. The predicted octanol–water partition coefficient (Wildman–Crippen LogP) is 2.61. The zero-order chi connectivity index (χ0) is 21.0. The molecule has 1 saturated heterocycles. The highest BCUT2D eigenvalue weighted by Gasteiger charge is 2.23. The molecule has 1 fully saturated rings. The fraction of sp³-hybridized carbons (Fsp3) is 0.389. The van der Waals surface area contributed by atoms with E-state index in [4.69, 9.17) is 9.57 Å². The molecular formula is C18H20FN3O5S2. The van der Waals surface area contributed by atoms with E-state index in [1.54, 1.807) is 13.8 Å². The summed E-state index contributed by atoms with van der Waals surface area (Å²) in [6.45, 7) is 4.09. The molecule has 0 bridgehead atoms. The van der Waals surface area contributed by atoms with Gasteiger partial charge in [-0.15, -0.1) is 0 Å². The molecule has 156 valence electrons. The molecule has 0 unspecified atom stereocenters. The topological polar surface area (TPSA) is 107 Å². The summed E-state index contributed by atoms with van der Waals surface area (Å²) in [5, 5.41) is 5.39. The van der Waals surface area contributed by atoms with Crippen molar-refractivity contribution in [3.05, 3.63) is 41.2 Å². The molecule has 0 spiro atoms. The minimum Gasteiger partial charge on any atom is -0.389 e. The standard InChI is InChI=1S/C18H20FN3O5S2/c1-11(2)29(24,25)14-5-3-12(4-6-14)16(22-27-13-7-8-26-10-13)17(23)21-18-20-9-15(19)28-18/h3-6,9,11,13H,7-8,10H2,1-2H3,(H,20,21,23)/t13-/m1/s1. The van der Waals surface area contributed by atoms with Gasteiger partial charge in [0.2, 0.25) is 0 Å². The molecule has 8 nitrogen and oxygen atoms in total. The van der Waals surface area contributed by atoms with Crippen molar-refractivity contribution in [1.29, 1.82) is 0 Å². The largest absolute Gasteiger partial charge is 0.389 e. The van der Waals surface area contributed by atoms with Crippen molar-refractivity contribution in [2.75, 3.05) is 18.5 Å². The lowest BCUT2D eigenvalue weighted by atomic mass is 10.1. The maximum absolute atomic E-state index is 13.2. The van der Waals surface area contributed by atoms with Crippen LogP contribution in [0.3, 0.4) is 0 Å². The van der Waals surface area contributed by atoms with Crippen LogP contribution in [0.2, 0.25) is 0 Å². The molecule has 3 rings (SSSR count). The van der Waals surface area contributed by atoms with Crippen LogP contribution in [0.1, 0.15) is 25.8 Å². The Hall–Kier alpha value is -2.37. The van der Waals surface area contributed by atoms with E-state index in [2.05, 4.69) is 15.5 Å². The molecular weight excluding hydrogens is 421 g/mol. The summed E-state index contributed by atoms with van der Waals surface area (Å²) in [5.74, 6) is -0.655. The zero-order valence-corrected chi connectivity index (χ0v) is 17.4. The van der Waals surface area contributed by atoms with E-state index in [1.165, 1.54) is 24.3 Å². The van der Waals surface area contributed by atoms with Gasteiger partial charge in [-0.3, -0.25) is 10.1 Å². The van der Waals surface area contributed by atoms with Crippen LogP contribution in [-0.4, -0.2) is 49.6 Å². The molecule has 2 heterocycles. The third-order valence-corrected chi connectivity index (χ3v) is 7.04. The van der Waals surface area contributed by atoms with Gasteiger partial charge in [0.1, 0.15) is 0 Å². The Morgan fingerprint density at radius 3 is 2.66 bits per heavy atom. The number of rotatable bonds is 7. The Balaban J connectivity index is 1.87. The molecule has 0 saturated carbocycles. The highest BCUT2D eigenvalue weighted by atomic mass is 32.2. The van der Waals surface area contributed by atoms with Crippen molar-refractivity contribution in [3.8, 4) is 0 Å². The number of amides is 1. The first kappa shape index (κ1) is 21.3. The van der Waals surface area contributed by atoms with Gasteiger partial charge in [-0.1, -0.05) is 28.6 Å². The highest BCUT2D eigenvalue weighted by Crippen LogP contribution is 2.19. The molecule has 1 N–H and O–H groups in total. The molecule has 0 aliphatic carbocycles. The molecule has 0 radical (unpaired) electrons. The lowest BCUT2D eigenvalue weighted by Gasteiger charge is -2.11. The van der Waals surface area contributed by atoms with Gasteiger partial charge in [-0.05, 0) is 26.0 Å². The van der Waals surface area contributed by atoms with E-state index in [9.17, 15) is 17.6 Å². The van der Waals surface area contributed by atoms with Crippen LogP contribution >= 0.6 is 11.3 Å². The number of thiazole rings is 1. The van der Waals surface area contributed by atoms with Gasteiger partial charge in [0.25, 0.3) is 5.91 Å². The summed E-state index contributed by atoms with van der Waals surface area (Å²) in [5.41, 5.74) is 0.266. The number of hydrogen-bond donors (Lipinski definition) is 1. The first-order valence-corrected chi connectivity index (χ1v) is 11.2. The third kappa shape index (κ3) is 5.17. The number of oxime groups is 1. The summed E-state index contributed by atoms with van der Waals surface area (Å²) < 4.78 is 43.0. The molecule has 1 aliphatic rings. The van der Waals surface area contributed by atoms with Crippen molar-refractivity contribution >= 4 is 37.9 Å². The highest BCUT2D eigenvalue weighted by molar-refractivity contribution is 7.92. The molecule has 1 atom stereocenters. The minimum absolute atomic E-state index is 0.0726. The summed E-state index contributed by atoms with van der Waals surface area (Å²) in [6.07, 6.45) is 1.35. The van der Waals surface area contributed by atoms with E-state index >= 15 is 0 Å². The fourth-order valence-electron chi connectivity index (χ4n) is 2.49. The molecule has 1 aromatic carbocycles. The second kappa shape index (κ2) is 8.97. The Kier molecular flexibility index (Phi) is 6.60. The van der Waals surface area contributed by atoms with Crippen molar-refractivity contribution in [1.82, 2.24) is 4.98 Å². The van der Waals surface area contributed by atoms with Gasteiger partial charge in [0.05, 0.1) is 29.6 Å². The number of halogens is 1. The van der Waals surface area contributed by atoms with Crippen LogP contribution in [0.25, 0.3) is 0 Å². The smallest absolute Gasteiger partial charge is 0.280 e. The minimum atomic E-state index is -3.45. The summed E-state index contributed by atoms with van der Waals surface area (Å²) in [7, 11) is -3.45. The Bertz CT molecular complexity index is 997. The van der Waals surface area contributed by atoms with Crippen LogP contribution in [-0.2, 0) is 24.2 Å². The molecule has 1 aromatic heterocycles. The van der Waals surface area contributed by atoms with Crippen LogP contribution in [0.5, 0.6) is 0 Å². The number of anilines is 1. The zero-order valence-electron chi connectivity index (χ0n) is 15.8. The fourth-order valence-corrected chi connectivity index (χ4v) is 4.09. The van der Waals surface area contributed by atoms with Crippen LogP contribution < -0.4 is 5.32 Å². The number of carbonyl (C=O) groups is 1. The number of ether oxygens (including phenoxy) is 1. The predicted molar refractivity (Wildman–Crippen MR) is 106 cm³/mol. The molecule has 1 amide bonds. The van der Waals surface area contributed by atoms with Gasteiger partial charge >= 0.3 is 0 Å². The quantitative estimate of drug-likeness (QED) is 0.523. The number of carbonyl (C=O) groups excluding carboxylic acids is 1. The Morgan fingerprint density at radius 2 is 2.10 bits per heavy atom. The number of nitrogens with one attached hydrogen (secondary N) is 1. The SMILES string of the molecule is CC(C)S(=O)(=O)c1ccc(C(=NO[C@@H]2CCOC2)C(=O)Nc2ncc(F)s2)cc1. The van der Waals surface area contributed by atoms with Crippen molar-refractivity contribution in [3.63, 3.8) is 0 Å². The van der Waals surface area contributed by atoms with E-state index in [0.29, 0.717) is 36.5 Å². The number of hydrogen-bond acceptors (Lipinski definition) is 8. The number of benzene rings is 1. The molecule has 2 aromatic rings. The normalized spacial score (nSPS) is 17.5.